The standard InChI is InChI=1S/C14H14N2O5/c17-11(5-6-12(18)19)15-7-8-16-13(20)9-3-1-2-4-10(9)14(16)21/h1-4H,5-8H2,(H,15,17)(H,18,19). The lowest BCUT2D eigenvalue weighted by Gasteiger charge is -2.14. The molecule has 0 spiro atoms. The third kappa shape index (κ3) is 3.25. The van der Waals surface area contributed by atoms with Crippen LogP contribution >= 0.6 is 0 Å². The Bertz CT molecular complexity index is 576. The molecular weight excluding hydrogens is 276 g/mol. The van der Waals surface area contributed by atoms with E-state index in [9.17, 15) is 19.2 Å². The van der Waals surface area contributed by atoms with Crippen LogP contribution in [0.5, 0.6) is 0 Å². The predicted molar refractivity (Wildman–Crippen MR) is 71.7 cm³/mol. The Morgan fingerprint density at radius 1 is 1.05 bits per heavy atom. The van der Waals surface area contributed by atoms with E-state index in [4.69, 9.17) is 5.11 Å². The van der Waals surface area contributed by atoms with Gasteiger partial charge >= 0.3 is 5.97 Å². The molecule has 0 atom stereocenters. The summed E-state index contributed by atoms with van der Waals surface area (Å²) in [6.07, 6.45) is -0.379. The third-order valence-corrected chi connectivity index (χ3v) is 3.10. The van der Waals surface area contributed by atoms with Crippen LogP contribution in [-0.4, -0.2) is 46.8 Å². The Morgan fingerprint density at radius 2 is 1.62 bits per heavy atom. The van der Waals surface area contributed by atoms with E-state index < -0.39 is 11.9 Å². The first-order chi connectivity index (χ1) is 10.0. The number of carboxylic acid groups (broad SMARTS) is 1. The number of benzene rings is 1. The smallest absolute Gasteiger partial charge is 0.303 e. The van der Waals surface area contributed by atoms with Crippen molar-refractivity contribution in [3.8, 4) is 0 Å². The largest absolute Gasteiger partial charge is 0.481 e. The Hall–Kier alpha value is -2.70. The van der Waals surface area contributed by atoms with Gasteiger partial charge in [0.1, 0.15) is 0 Å². The van der Waals surface area contributed by atoms with Crippen LogP contribution in [0.2, 0.25) is 0 Å². The first kappa shape index (κ1) is 14.7. The highest BCUT2D eigenvalue weighted by Crippen LogP contribution is 2.21. The first-order valence-electron chi connectivity index (χ1n) is 6.44. The lowest BCUT2D eigenvalue weighted by molar-refractivity contribution is -0.138. The first-order valence-corrected chi connectivity index (χ1v) is 6.44. The van der Waals surface area contributed by atoms with Gasteiger partial charge in [-0.2, -0.15) is 0 Å². The fraction of sp³-hybridized carbons (Fsp3) is 0.286. The second kappa shape index (κ2) is 6.17. The monoisotopic (exact) mass is 290 g/mol. The van der Waals surface area contributed by atoms with Gasteiger partial charge in [-0.25, -0.2) is 0 Å². The van der Waals surface area contributed by atoms with E-state index in [1.54, 1.807) is 24.3 Å². The summed E-state index contributed by atoms with van der Waals surface area (Å²) in [4.78, 5) is 46.8. The molecule has 0 saturated heterocycles. The molecule has 7 heteroatoms. The molecule has 0 radical (unpaired) electrons. The number of rotatable bonds is 6. The van der Waals surface area contributed by atoms with Crippen LogP contribution in [0.4, 0.5) is 0 Å². The van der Waals surface area contributed by atoms with Crippen LogP contribution < -0.4 is 5.32 Å². The summed E-state index contributed by atoms with van der Waals surface area (Å²) in [5.41, 5.74) is 0.722. The van der Waals surface area contributed by atoms with E-state index in [1.165, 1.54) is 0 Å². The Balaban J connectivity index is 1.85. The SMILES string of the molecule is O=C(O)CCC(=O)NCCN1C(=O)c2ccccc2C1=O. The maximum Gasteiger partial charge on any atom is 0.303 e. The molecule has 21 heavy (non-hydrogen) atoms. The van der Waals surface area contributed by atoms with Crippen molar-refractivity contribution in [2.75, 3.05) is 13.1 Å². The molecule has 1 heterocycles. The number of nitrogens with zero attached hydrogens (tertiary/aromatic N) is 1. The highest BCUT2D eigenvalue weighted by molar-refractivity contribution is 6.21. The molecule has 1 aromatic rings. The maximum absolute atomic E-state index is 12.0. The molecule has 1 aromatic carbocycles. The van der Waals surface area contributed by atoms with Crippen molar-refractivity contribution in [3.63, 3.8) is 0 Å². The van der Waals surface area contributed by atoms with E-state index in [2.05, 4.69) is 5.32 Å². The quantitative estimate of drug-likeness (QED) is 0.732. The van der Waals surface area contributed by atoms with Gasteiger partial charge in [0.2, 0.25) is 5.91 Å². The van der Waals surface area contributed by atoms with Gasteiger partial charge in [-0.3, -0.25) is 24.1 Å². The number of hydrogen-bond donors (Lipinski definition) is 2. The summed E-state index contributed by atoms with van der Waals surface area (Å²) in [5.74, 6) is -2.23. The molecule has 7 nitrogen and oxygen atoms in total. The van der Waals surface area contributed by atoms with Crippen LogP contribution in [0.1, 0.15) is 33.6 Å². The van der Waals surface area contributed by atoms with Gasteiger partial charge in [-0.15, -0.1) is 0 Å². The summed E-state index contributed by atoms with van der Waals surface area (Å²) in [6, 6.07) is 6.53. The molecule has 1 aliphatic rings. The van der Waals surface area contributed by atoms with Crippen molar-refractivity contribution in [2.45, 2.75) is 12.8 Å². The van der Waals surface area contributed by atoms with Gasteiger partial charge in [-0.1, -0.05) is 12.1 Å². The molecule has 3 amide bonds. The molecule has 1 aliphatic heterocycles. The van der Waals surface area contributed by atoms with E-state index in [0.717, 1.165) is 4.90 Å². The number of carboxylic acids is 1. The topological polar surface area (TPSA) is 104 Å². The molecule has 2 N–H and O–H groups in total. The molecular formula is C14H14N2O5. The molecule has 0 unspecified atom stereocenters. The minimum absolute atomic E-state index is 0.0607. The Morgan fingerprint density at radius 3 is 2.14 bits per heavy atom. The number of amides is 3. The van der Waals surface area contributed by atoms with Crippen LogP contribution in [-0.2, 0) is 9.59 Å². The number of carbonyl (C=O) groups excluding carboxylic acids is 3. The number of hydrogen-bond acceptors (Lipinski definition) is 4. The summed E-state index contributed by atoms with van der Waals surface area (Å²) in [6.45, 7) is 0.162. The second-order valence-corrected chi connectivity index (χ2v) is 4.55. The number of fused-ring (bicyclic) bond motifs is 1. The molecule has 0 fully saturated rings. The summed E-state index contributed by atoms with van der Waals surface area (Å²) >= 11 is 0. The maximum atomic E-state index is 12.0. The zero-order valence-electron chi connectivity index (χ0n) is 11.2. The third-order valence-electron chi connectivity index (χ3n) is 3.10. The van der Waals surface area contributed by atoms with E-state index >= 15 is 0 Å². The average molecular weight is 290 g/mol. The lowest BCUT2D eigenvalue weighted by atomic mass is 10.1. The fourth-order valence-electron chi connectivity index (χ4n) is 2.06. The molecule has 0 aromatic heterocycles. The van der Waals surface area contributed by atoms with Crippen molar-refractivity contribution in [1.82, 2.24) is 10.2 Å². The number of imide groups is 1. The van der Waals surface area contributed by atoms with E-state index in [-0.39, 0.29) is 37.7 Å². The predicted octanol–water partition coefficient (Wildman–Crippen LogP) is 0.264. The summed E-state index contributed by atoms with van der Waals surface area (Å²) in [5, 5.41) is 10.9. The van der Waals surface area contributed by atoms with Crippen molar-refractivity contribution < 1.29 is 24.3 Å². The van der Waals surface area contributed by atoms with Crippen LogP contribution in [0.25, 0.3) is 0 Å². The van der Waals surface area contributed by atoms with Crippen molar-refractivity contribution >= 4 is 23.7 Å². The Kier molecular flexibility index (Phi) is 4.32. The molecule has 110 valence electrons. The fourth-order valence-corrected chi connectivity index (χ4v) is 2.06. The summed E-state index contributed by atoms with van der Waals surface area (Å²) in [7, 11) is 0. The second-order valence-electron chi connectivity index (χ2n) is 4.55. The number of aliphatic carboxylic acids is 1. The van der Waals surface area contributed by atoms with Gasteiger partial charge in [0.05, 0.1) is 17.5 Å². The van der Waals surface area contributed by atoms with Gasteiger partial charge in [-0.05, 0) is 12.1 Å². The van der Waals surface area contributed by atoms with Gasteiger partial charge in [0.25, 0.3) is 11.8 Å². The number of carbonyl (C=O) groups is 4. The van der Waals surface area contributed by atoms with Crippen LogP contribution in [0.15, 0.2) is 24.3 Å². The molecule has 2 rings (SSSR count). The normalized spacial score (nSPS) is 13.2. The van der Waals surface area contributed by atoms with E-state index in [1.807, 2.05) is 0 Å². The average Bonchev–Trinajstić information content (AvgIpc) is 2.70. The van der Waals surface area contributed by atoms with Crippen molar-refractivity contribution in [1.29, 1.82) is 0 Å². The van der Waals surface area contributed by atoms with Crippen molar-refractivity contribution in [3.05, 3.63) is 35.4 Å². The highest BCUT2D eigenvalue weighted by atomic mass is 16.4. The van der Waals surface area contributed by atoms with Gasteiger partial charge < -0.3 is 10.4 Å². The zero-order chi connectivity index (χ0) is 15.4. The summed E-state index contributed by atoms with van der Waals surface area (Å²) < 4.78 is 0. The van der Waals surface area contributed by atoms with Crippen molar-refractivity contribution in [2.24, 2.45) is 0 Å². The molecule has 0 bridgehead atoms. The molecule has 0 aliphatic carbocycles. The highest BCUT2D eigenvalue weighted by Gasteiger charge is 2.34. The lowest BCUT2D eigenvalue weighted by Crippen LogP contribution is -2.38. The number of nitrogens with one attached hydrogen (secondary N) is 1. The minimum atomic E-state index is -1.05. The minimum Gasteiger partial charge on any atom is -0.481 e. The molecule has 0 saturated carbocycles. The van der Waals surface area contributed by atoms with E-state index in [0.29, 0.717) is 11.1 Å². The van der Waals surface area contributed by atoms with Crippen LogP contribution in [0.3, 0.4) is 0 Å². The van der Waals surface area contributed by atoms with Gasteiger partial charge in [0, 0.05) is 19.5 Å². The Labute approximate surface area is 120 Å². The van der Waals surface area contributed by atoms with Gasteiger partial charge in [0.15, 0.2) is 0 Å². The zero-order valence-corrected chi connectivity index (χ0v) is 11.2. The van der Waals surface area contributed by atoms with Crippen LogP contribution in [0, 0.1) is 0 Å².